The number of nitrogens with one attached hydrogen (secondary N) is 1. The maximum absolute atomic E-state index is 12.8. The number of aliphatic imine (C=N–C) groups is 1. The first-order valence-corrected chi connectivity index (χ1v) is 14.2. The number of pyridine rings is 2. The lowest BCUT2D eigenvalue weighted by Gasteiger charge is -2.35. The minimum atomic E-state index is -0.0745. The second-order valence-corrected chi connectivity index (χ2v) is 11.1. The molecule has 192 valence electrons. The van der Waals surface area contributed by atoms with Crippen LogP contribution in [-0.4, -0.2) is 44.7 Å². The summed E-state index contributed by atoms with van der Waals surface area (Å²) in [6.45, 7) is 7.12. The Hall–Kier alpha value is -3.03. The third-order valence-corrected chi connectivity index (χ3v) is 8.36. The highest BCUT2D eigenvalue weighted by Gasteiger charge is 2.27. The number of amides is 1. The first kappa shape index (κ1) is 25.6. The number of aromatic nitrogens is 2. The van der Waals surface area contributed by atoms with E-state index in [1.807, 2.05) is 37.9 Å². The van der Waals surface area contributed by atoms with E-state index < -0.39 is 0 Å². The van der Waals surface area contributed by atoms with E-state index in [-0.39, 0.29) is 5.91 Å². The summed E-state index contributed by atoms with van der Waals surface area (Å²) in [5.41, 5.74) is 7.37. The molecule has 37 heavy (non-hydrogen) atoms. The highest BCUT2D eigenvalue weighted by atomic mass is 32.2. The topological polar surface area (TPSA) is 70.5 Å². The SMILES string of the molecule is Cc1ccnc(C)c1C(=O)NCc1ccc(CN(CCC2=NCCS2)C2CCCc3cccnc32)cc1. The lowest BCUT2D eigenvalue weighted by Crippen LogP contribution is -2.33. The molecule has 0 spiro atoms. The third-order valence-electron chi connectivity index (χ3n) is 7.30. The molecule has 3 aromatic rings. The van der Waals surface area contributed by atoms with Gasteiger partial charge >= 0.3 is 0 Å². The van der Waals surface area contributed by atoms with Crippen LogP contribution in [0.1, 0.15) is 69.3 Å². The summed E-state index contributed by atoms with van der Waals surface area (Å²) in [6.07, 6.45) is 8.13. The molecule has 1 amide bonds. The summed E-state index contributed by atoms with van der Waals surface area (Å²) >= 11 is 1.90. The maximum Gasteiger partial charge on any atom is 0.253 e. The second kappa shape index (κ2) is 12.0. The van der Waals surface area contributed by atoms with E-state index in [2.05, 4.69) is 56.6 Å². The fraction of sp³-hybridized carbons (Fsp3) is 0.400. The number of benzene rings is 1. The van der Waals surface area contributed by atoms with Gasteiger partial charge in [0.1, 0.15) is 0 Å². The molecular formula is C30H35N5OS. The first-order valence-electron chi connectivity index (χ1n) is 13.2. The van der Waals surface area contributed by atoms with E-state index in [0.717, 1.165) is 61.5 Å². The van der Waals surface area contributed by atoms with Crippen molar-refractivity contribution >= 4 is 22.7 Å². The maximum atomic E-state index is 12.8. The first-order chi connectivity index (χ1) is 18.1. The number of hydrogen-bond acceptors (Lipinski definition) is 6. The summed E-state index contributed by atoms with van der Waals surface area (Å²) in [5.74, 6) is 1.04. The largest absolute Gasteiger partial charge is 0.348 e. The van der Waals surface area contributed by atoms with Crippen LogP contribution in [0.15, 0.2) is 59.9 Å². The zero-order valence-corrected chi connectivity index (χ0v) is 22.6. The molecule has 1 atom stereocenters. The lowest BCUT2D eigenvalue weighted by molar-refractivity contribution is 0.0949. The van der Waals surface area contributed by atoms with Gasteiger partial charge in [0.25, 0.3) is 5.91 Å². The van der Waals surface area contributed by atoms with Crippen LogP contribution < -0.4 is 5.32 Å². The van der Waals surface area contributed by atoms with E-state index >= 15 is 0 Å². The Morgan fingerprint density at radius 1 is 1.08 bits per heavy atom. The fourth-order valence-electron chi connectivity index (χ4n) is 5.36. The summed E-state index contributed by atoms with van der Waals surface area (Å²) in [4.78, 5) is 29.1. The van der Waals surface area contributed by atoms with Crippen molar-refractivity contribution in [2.24, 2.45) is 4.99 Å². The van der Waals surface area contributed by atoms with E-state index in [4.69, 9.17) is 4.98 Å². The summed E-state index contributed by atoms with van der Waals surface area (Å²) in [7, 11) is 0. The number of thioether (sulfide) groups is 1. The van der Waals surface area contributed by atoms with Crippen LogP contribution in [0.3, 0.4) is 0 Å². The Balaban J connectivity index is 1.26. The summed E-state index contributed by atoms with van der Waals surface area (Å²) < 4.78 is 0. The predicted molar refractivity (Wildman–Crippen MR) is 151 cm³/mol. The molecule has 0 radical (unpaired) electrons. The van der Waals surface area contributed by atoms with Crippen LogP contribution in [0.4, 0.5) is 0 Å². The van der Waals surface area contributed by atoms with Crippen molar-refractivity contribution in [3.63, 3.8) is 0 Å². The van der Waals surface area contributed by atoms with E-state index in [1.54, 1.807) is 6.20 Å². The molecule has 0 saturated carbocycles. The van der Waals surface area contributed by atoms with Crippen molar-refractivity contribution < 1.29 is 4.79 Å². The van der Waals surface area contributed by atoms with Crippen LogP contribution in [0.2, 0.25) is 0 Å². The predicted octanol–water partition coefficient (Wildman–Crippen LogP) is 5.44. The molecule has 1 aliphatic carbocycles. The van der Waals surface area contributed by atoms with Crippen LogP contribution in [-0.2, 0) is 19.5 Å². The number of carbonyl (C=O) groups excluding carboxylic acids is 1. The van der Waals surface area contributed by atoms with E-state index in [1.165, 1.54) is 28.3 Å². The van der Waals surface area contributed by atoms with Crippen LogP contribution in [0.25, 0.3) is 0 Å². The molecule has 5 rings (SSSR count). The van der Waals surface area contributed by atoms with Crippen molar-refractivity contribution in [3.8, 4) is 0 Å². The minimum Gasteiger partial charge on any atom is -0.348 e. The molecule has 7 heteroatoms. The molecule has 6 nitrogen and oxygen atoms in total. The number of rotatable bonds is 9. The Kier molecular flexibility index (Phi) is 8.31. The Morgan fingerprint density at radius 3 is 2.70 bits per heavy atom. The van der Waals surface area contributed by atoms with Crippen molar-refractivity contribution in [1.82, 2.24) is 20.2 Å². The second-order valence-electron chi connectivity index (χ2n) is 9.89. The third kappa shape index (κ3) is 6.28. The number of fused-ring (bicyclic) bond motifs is 1. The molecule has 1 aliphatic heterocycles. The fourth-order valence-corrected chi connectivity index (χ4v) is 6.20. The van der Waals surface area contributed by atoms with Gasteiger partial charge in [-0.25, -0.2) is 0 Å². The van der Waals surface area contributed by atoms with Gasteiger partial charge in [-0.05, 0) is 67.5 Å². The van der Waals surface area contributed by atoms with E-state index in [9.17, 15) is 4.79 Å². The molecule has 1 N–H and O–H groups in total. The molecule has 0 saturated heterocycles. The molecule has 3 heterocycles. The van der Waals surface area contributed by atoms with Crippen LogP contribution in [0, 0.1) is 13.8 Å². The van der Waals surface area contributed by atoms with Crippen molar-refractivity contribution in [2.45, 2.75) is 58.7 Å². The van der Waals surface area contributed by atoms with Crippen molar-refractivity contribution in [3.05, 3.63) is 94.1 Å². The van der Waals surface area contributed by atoms with Gasteiger partial charge in [0.2, 0.25) is 0 Å². The van der Waals surface area contributed by atoms with Crippen LogP contribution >= 0.6 is 11.8 Å². The molecule has 0 fully saturated rings. The Morgan fingerprint density at radius 2 is 1.92 bits per heavy atom. The van der Waals surface area contributed by atoms with Gasteiger partial charge in [-0.15, -0.1) is 11.8 Å². The van der Waals surface area contributed by atoms with Crippen molar-refractivity contribution in [2.75, 3.05) is 18.8 Å². The van der Waals surface area contributed by atoms with Gasteiger partial charge in [-0.1, -0.05) is 30.3 Å². The van der Waals surface area contributed by atoms with Gasteiger partial charge in [-0.2, -0.15) is 0 Å². The van der Waals surface area contributed by atoms with Gasteiger partial charge in [0.15, 0.2) is 0 Å². The average molecular weight is 514 g/mol. The zero-order valence-electron chi connectivity index (χ0n) is 21.7. The average Bonchev–Trinajstić information content (AvgIpc) is 3.44. The number of hydrogen-bond donors (Lipinski definition) is 1. The Bertz CT molecular complexity index is 1250. The minimum absolute atomic E-state index is 0.0745. The van der Waals surface area contributed by atoms with Gasteiger partial charge in [0, 0.05) is 50.7 Å². The normalized spacial score (nSPS) is 16.9. The summed E-state index contributed by atoms with van der Waals surface area (Å²) in [5, 5.41) is 4.34. The Labute approximate surface area is 224 Å². The molecular weight excluding hydrogens is 478 g/mol. The van der Waals surface area contributed by atoms with Gasteiger partial charge in [-0.3, -0.25) is 24.7 Å². The van der Waals surface area contributed by atoms with E-state index in [0.29, 0.717) is 18.2 Å². The molecule has 0 bridgehead atoms. The van der Waals surface area contributed by atoms with Crippen LogP contribution in [0.5, 0.6) is 0 Å². The number of carbonyl (C=O) groups is 1. The lowest BCUT2D eigenvalue weighted by atomic mass is 9.90. The highest BCUT2D eigenvalue weighted by Crippen LogP contribution is 2.34. The number of nitrogens with zero attached hydrogens (tertiary/aromatic N) is 4. The monoisotopic (exact) mass is 513 g/mol. The van der Waals surface area contributed by atoms with Crippen molar-refractivity contribution in [1.29, 1.82) is 0 Å². The standard InChI is InChI=1S/C30H35N5OS/c1-21-12-15-31-22(2)28(21)30(36)34-19-23-8-10-24(11-9-23)20-35(17-13-27-32-16-18-37-27)26-7-3-5-25-6-4-14-33-29(25)26/h4,6,8-12,14-15,26H,3,5,7,13,16-20H2,1-2H3,(H,34,36). The smallest absolute Gasteiger partial charge is 0.253 e. The number of aryl methyl sites for hydroxylation is 3. The molecule has 2 aliphatic rings. The molecule has 1 unspecified atom stereocenters. The quantitative estimate of drug-likeness (QED) is 0.413. The summed E-state index contributed by atoms with van der Waals surface area (Å²) in [6, 6.07) is 15.1. The highest BCUT2D eigenvalue weighted by molar-refractivity contribution is 8.14. The molecule has 1 aromatic carbocycles. The van der Waals surface area contributed by atoms with Gasteiger partial charge in [0.05, 0.1) is 28.0 Å². The zero-order chi connectivity index (χ0) is 25.6. The van der Waals surface area contributed by atoms with Gasteiger partial charge < -0.3 is 5.32 Å². The molecule has 2 aromatic heterocycles.